The van der Waals surface area contributed by atoms with Crippen molar-refractivity contribution in [3.05, 3.63) is 78.1 Å². The first-order chi connectivity index (χ1) is 14.8. The Labute approximate surface area is 181 Å². The smallest absolute Gasteiger partial charge is 0.224 e. The average Bonchev–Trinajstić information content (AvgIpc) is 3.27. The molecule has 0 atom stereocenters. The minimum Gasteiger partial charge on any atom is -0.381 e. The topological polar surface area (TPSA) is 56.2 Å². The number of nitrogens with zero attached hydrogens (tertiary/aromatic N) is 2. The van der Waals surface area contributed by atoms with Gasteiger partial charge >= 0.3 is 0 Å². The van der Waals surface area contributed by atoms with Crippen molar-refractivity contribution in [1.82, 2.24) is 9.78 Å². The maximum atomic E-state index is 12.4. The maximum Gasteiger partial charge on any atom is 0.224 e. The fourth-order valence-corrected chi connectivity index (χ4v) is 4.62. The molecule has 1 aliphatic rings. The van der Waals surface area contributed by atoms with E-state index in [0.717, 1.165) is 48.7 Å². The first kappa shape index (κ1) is 20.7. The number of aryl methyl sites for hydroxylation is 1. The van der Waals surface area contributed by atoms with Crippen molar-refractivity contribution in [1.29, 1.82) is 0 Å². The van der Waals surface area contributed by atoms with E-state index in [-0.39, 0.29) is 5.91 Å². The molecule has 0 spiro atoms. The molecule has 3 aromatic rings. The van der Waals surface area contributed by atoms with Crippen molar-refractivity contribution in [2.45, 2.75) is 36.7 Å². The Kier molecular flexibility index (Phi) is 7.21. The van der Waals surface area contributed by atoms with Crippen LogP contribution in [0.2, 0.25) is 0 Å². The fraction of sp³-hybridized carbons (Fsp3) is 0.333. The number of hydrogen-bond donors (Lipinski definition) is 1. The lowest BCUT2D eigenvalue weighted by Crippen LogP contribution is -2.17. The van der Waals surface area contributed by atoms with E-state index in [0.29, 0.717) is 18.1 Å². The van der Waals surface area contributed by atoms with Gasteiger partial charge in [0, 0.05) is 42.5 Å². The largest absolute Gasteiger partial charge is 0.381 e. The highest BCUT2D eigenvalue weighted by molar-refractivity contribution is 7.99. The molecule has 0 unspecified atom stereocenters. The molecule has 2 aromatic carbocycles. The number of carbonyl (C=O) groups is 1. The van der Waals surface area contributed by atoms with Crippen molar-refractivity contribution in [3.8, 4) is 5.69 Å². The summed E-state index contributed by atoms with van der Waals surface area (Å²) >= 11 is 1.98. The van der Waals surface area contributed by atoms with E-state index in [1.807, 2.05) is 71.3 Å². The summed E-state index contributed by atoms with van der Waals surface area (Å²) in [4.78, 5) is 12.4. The van der Waals surface area contributed by atoms with E-state index in [9.17, 15) is 4.79 Å². The Morgan fingerprint density at radius 2 is 1.93 bits per heavy atom. The van der Waals surface area contributed by atoms with Gasteiger partial charge in [-0.15, -0.1) is 0 Å². The summed E-state index contributed by atoms with van der Waals surface area (Å²) in [6.45, 7) is 1.75. The number of benzene rings is 2. The molecule has 1 fully saturated rings. The molecule has 5 nitrogen and oxygen atoms in total. The van der Waals surface area contributed by atoms with Crippen molar-refractivity contribution in [2.75, 3.05) is 18.5 Å². The molecule has 2 heterocycles. The molecule has 156 valence electrons. The van der Waals surface area contributed by atoms with Gasteiger partial charge in [-0.1, -0.05) is 30.3 Å². The number of hydrogen-bond acceptors (Lipinski definition) is 4. The molecular weight excluding hydrogens is 394 g/mol. The van der Waals surface area contributed by atoms with Crippen LogP contribution in [0.1, 0.15) is 30.4 Å². The molecule has 0 aliphatic carbocycles. The number of nitrogens with one attached hydrogen (secondary N) is 1. The molecule has 0 bridgehead atoms. The standard InChI is InChI=1S/C24H27N3O2S/c28-24(10-9-20-16-25-27(17-20)22-7-2-1-3-8-22)26-21-6-4-5-19(15-21)18-30-23-11-13-29-14-12-23/h1-8,15-17,23H,9-14,18H2,(H,26,28). The third kappa shape index (κ3) is 5.97. The Balaban J connectivity index is 1.25. The first-order valence-electron chi connectivity index (χ1n) is 10.4. The van der Waals surface area contributed by atoms with E-state index < -0.39 is 0 Å². The summed E-state index contributed by atoms with van der Waals surface area (Å²) in [5, 5.41) is 8.10. The van der Waals surface area contributed by atoms with Crippen LogP contribution < -0.4 is 5.32 Å². The fourth-order valence-electron chi connectivity index (χ4n) is 3.49. The molecular formula is C24H27N3O2S. The number of ether oxygens (including phenoxy) is 1. The molecule has 0 radical (unpaired) electrons. The summed E-state index contributed by atoms with van der Waals surface area (Å²) in [7, 11) is 0. The van der Waals surface area contributed by atoms with Crippen LogP contribution in [0.25, 0.3) is 5.69 Å². The highest BCUT2D eigenvalue weighted by atomic mass is 32.2. The SMILES string of the molecule is O=C(CCc1cnn(-c2ccccc2)c1)Nc1cccc(CSC2CCOCC2)c1. The van der Waals surface area contributed by atoms with Crippen LogP contribution in [0.15, 0.2) is 67.0 Å². The van der Waals surface area contributed by atoms with E-state index >= 15 is 0 Å². The zero-order valence-corrected chi connectivity index (χ0v) is 17.8. The number of thioether (sulfide) groups is 1. The number of aromatic nitrogens is 2. The monoisotopic (exact) mass is 421 g/mol. The van der Waals surface area contributed by atoms with Crippen LogP contribution in [-0.2, 0) is 21.7 Å². The third-order valence-electron chi connectivity index (χ3n) is 5.16. The lowest BCUT2D eigenvalue weighted by molar-refractivity contribution is -0.116. The van der Waals surface area contributed by atoms with Crippen LogP contribution in [-0.4, -0.2) is 34.2 Å². The highest BCUT2D eigenvalue weighted by Crippen LogP contribution is 2.26. The van der Waals surface area contributed by atoms with Gasteiger partial charge in [-0.05, 0) is 54.7 Å². The molecule has 1 aliphatic heterocycles. The summed E-state index contributed by atoms with van der Waals surface area (Å²) in [5.41, 5.74) is 4.18. The van der Waals surface area contributed by atoms with E-state index in [2.05, 4.69) is 22.5 Å². The molecule has 0 saturated carbocycles. The van der Waals surface area contributed by atoms with Crippen molar-refractivity contribution in [3.63, 3.8) is 0 Å². The Morgan fingerprint density at radius 3 is 2.77 bits per heavy atom. The van der Waals surface area contributed by atoms with E-state index in [1.54, 1.807) is 0 Å². The molecule has 1 aromatic heterocycles. The number of amides is 1. The van der Waals surface area contributed by atoms with Gasteiger partial charge < -0.3 is 10.1 Å². The third-order valence-corrected chi connectivity index (χ3v) is 6.61. The van der Waals surface area contributed by atoms with Gasteiger partial charge in [0.25, 0.3) is 0 Å². The van der Waals surface area contributed by atoms with Gasteiger partial charge in [-0.25, -0.2) is 4.68 Å². The second-order valence-electron chi connectivity index (χ2n) is 7.50. The quantitative estimate of drug-likeness (QED) is 0.565. The van der Waals surface area contributed by atoms with E-state index in [1.165, 1.54) is 5.56 Å². The Bertz CT molecular complexity index is 952. The number of para-hydroxylation sites is 1. The van der Waals surface area contributed by atoms with Crippen molar-refractivity contribution in [2.24, 2.45) is 0 Å². The van der Waals surface area contributed by atoms with Gasteiger partial charge in [0.15, 0.2) is 0 Å². The second-order valence-corrected chi connectivity index (χ2v) is 8.79. The highest BCUT2D eigenvalue weighted by Gasteiger charge is 2.14. The van der Waals surface area contributed by atoms with Gasteiger partial charge in [-0.2, -0.15) is 16.9 Å². The number of carbonyl (C=O) groups excluding carboxylic acids is 1. The molecule has 4 rings (SSSR count). The van der Waals surface area contributed by atoms with Crippen LogP contribution >= 0.6 is 11.8 Å². The van der Waals surface area contributed by atoms with Crippen LogP contribution in [0.3, 0.4) is 0 Å². The summed E-state index contributed by atoms with van der Waals surface area (Å²) in [6, 6.07) is 18.1. The van der Waals surface area contributed by atoms with Crippen molar-refractivity contribution < 1.29 is 9.53 Å². The lowest BCUT2D eigenvalue weighted by atomic mass is 10.2. The zero-order chi connectivity index (χ0) is 20.6. The lowest BCUT2D eigenvalue weighted by Gasteiger charge is -2.21. The Morgan fingerprint density at radius 1 is 1.10 bits per heavy atom. The minimum absolute atomic E-state index is 0.0247. The maximum absolute atomic E-state index is 12.4. The summed E-state index contributed by atoms with van der Waals surface area (Å²) < 4.78 is 7.27. The van der Waals surface area contributed by atoms with Gasteiger partial charge in [-0.3, -0.25) is 4.79 Å². The predicted octanol–water partition coefficient (Wildman–Crippen LogP) is 4.86. The second kappa shape index (κ2) is 10.5. The van der Waals surface area contributed by atoms with E-state index in [4.69, 9.17) is 4.74 Å². The zero-order valence-electron chi connectivity index (χ0n) is 17.0. The molecule has 1 amide bonds. The van der Waals surface area contributed by atoms with Gasteiger partial charge in [0.1, 0.15) is 0 Å². The molecule has 6 heteroatoms. The molecule has 30 heavy (non-hydrogen) atoms. The van der Waals surface area contributed by atoms with Crippen LogP contribution in [0.5, 0.6) is 0 Å². The van der Waals surface area contributed by atoms with Gasteiger partial charge in [0.2, 0.25) is 5.91 Å². The molecule has 1 saturated heterocycles. The predicted molar refractivity (Wildman–Crippen MR) is 122 cm³/mol. The normalized spacial score (nSPS) is 14.5. The summed E-state index contributed by atoms with van der Waals surface area (Å²) in [5.74, 6) is 0.990. The number of anilines is 1. The Hall–Kier alpha value is -2.57. The van der Waals surface area contributed by atoms with Crippen LogP contribution in [0, 0.1) is 0 Å². The van der Waals surface area contributed by atoms with Gasteiger partial charge in [0.05, 0.1) is 11.9 Å². The minimum atomic E-state index is 0.0247. The van der Waals surface area contributed by atoms with Crippen molar-refractivity contribution >= 4 is 23.4 Å². The average molecular weight is 422 g/mol. The first-order valence-corrected chi connectivity index (χ1v) is 11.5. The summed E-state index contributed by atoms with van der Waals surface area (Å²) in [6.07, 6.45) is 7.16. The van der Waals surface area contributed by atoms with Crippen LogP contribution in [0.4, 0.5) is 5.69 Å². The molecule has 1 N–H and O–H groups in total. The number of rotatable bonds is 8.